The van der Waals surface area contributed by atoms with Gasteiger partial charge < -0.3 is 4.90 Å². The van der Waals surface area contributed by atoms with Crippen molar-refractivity contribution in [3.05, 3.63) is 69.8 Å². The van der Waals surface area contributed by atoms with E-state index in [9.17, 15) is 5.26 Å². The van der Waals surface area contributed by atoms with Crippen molar-refractivity contribution in [3.8, 4) is 6.07 Å². The van der Waals surface area contributed by atoms with Crippen molar-refractivity contribution in [2.75, 3.05) is 11.4 Å². The zero-order valence-electron chi connectivity index (χ0n) is 16.6. The lowest BCUT2D eigenvalue weighted by atomic mass is 9.86. The zero-order valence-corrected chi connectivity index (χ0v) is 17.4. The number of rotatable bonds is 3. The SMILES string of the molecule is CCN1c2cc(C)c(/C=C(/C#N)c3ccc(Cl)cc3)cc2C(C)=CC1(C)C. The first-order valence-electron chi connectivity index (χ1n) is 9.26. The summed E-state index contributed by atoms with van der Waals surface area (Å²) in [5.74, 6) is 0. The standard InChI is InChI=1S/C24H25ClN2/c1-6-27-23-11-16(2)19(13-22(23)17(3)14-24(27,4)5)12-20(15-26)18-7-9-21(25)10-8-18/h7-14H,6H2,1-5H3/b20-12-. The van der Waals surface area contributed by atoms with E-state index in [1.807, 2.05) is 30.3 Å². The van der Waals surface area contributed by atoms with Gasteiger partial charge in [0.05, 0.1) is 17.2 Å². The van der Waals surface area contributed by atoms with Crippen LogP contribution in [0.25, 0.3) is 17.2 Å². The van der Waals surface area contributed by atoms with Gasteiger partial charge in [-0.15, -0.1) is 0 Å². The molecular weight excluding hydrogens is 352 g/mol. The van der Waals surface area contributed by atoms with Gasteiger partial charge in [-0.2, -0.15) is 5.26 Å². The summed E-state index contributed by atoms with van der Waals surface area (Å²) in [6, 6.07) is 14.2. The van der Waals surface area contributed by atoms with E-state index in [1.54, 1.807) is 0 Å². The number of benzene rings is 2. The molecule has 0 unspecified atom stereocenters. The molecule has 138 valence electrons. The van der Waals surface area contributed by atoms with Gasteiger partial charge in [-0.05, 0) is 87.2 Å². The number of hydrogen-bond donors (Lipinski definition) is 0. The van der Waals surface area contributed by atoms with Gasteiger partial charge in [-0.25, -0.2) is 0 Å². The lowest BCUT2D eigenvalue weighted by Crippen LogP contribution is -2.44. The lowest BCUT2D eigenvalue weighted by molar-refractivity contribution is 0.566. The summed E-state index contributed by atoms with van der Waals surface area (Å²) >= 11 is 5.98. The first-order chi connectivity index (χ1) is 12.8. The molecule has 0 aromatic heterocycles. The molecule has 0 radical (unpaired) electrons. The highest BCUT2D eigenvalue weighted by molar-refractivity contribution is 6.30. The largest absolute Gasteiger partial charge is 0.363 e. The summed E-state index contributed by atoms with van der Waals surface area (Å²) in [7, 11) is 0. The molecule has 1 aliphatic heterocycles. The molecule has 2 aromatic carbocycles. The third-order valence-electron chi connectivity index (χ3n) is 5.26. The van der Waals surface area contributed by atoms with Crippen molar-refractivity contribution in [2.45, 2.75) is 40.2 Å². The molecule has 0 aliphatic carbocycles. The van der Waals surface area contributed by atoms with Crippen LogP contribution in [0.15, 0.2) is 42.5 Å². The molecule has 2 aromatic rings. The highest BCUT2D eigenvalue weighted by Crippen LogP contribution is 2.40. The maximum atomic E-state index is 9.67. The van der Waals surface area contributed by atoms with Crippen LogP contribution in [0.2, 0.25) is 5.02 Å². The van der Waals surface area contributed by atoms with Gasteiger partial charge >= 0.3 is 0 Å². The molecule has 2 nitrogen and oxygen atoms in total. The fourth-order valence-corrected chi connectivity index (χ4v) is 4.07. The number of nitriles is 1. The molecule has 0 bridgehead atoms. The van der Waals surface area contributed by atoms with E-state index in [2.05, 4.69) is 63.8 Å². The average molecular weight is 377 g/mol. The topological polar surface area (TPSA) is 27.0 Å². The molecule has 0 N–H and O–H groups in total. The molecule has 0 saturated heterocycles. The third kappa shape index (κ3) is 3.66. The van der Waals surface area contributed by atoms with Crippen molar-refractivity contribution in [1.82, 2.24) is 0 Å². The normalized spacial score (nSPS) is 15.8. The van der Waals surface area contributed by atoms with Crippen LogP contribution in [0.3, 0.4) is 0 Å². The van der Waals surface area contributed by atoms with Crippen LogP contribution in [0.5, 0.6) is 0 Å². The number of anilines is 1. The van der Waals surface area contributed by atoms with E-state index < -0.39 is 0 Å². The number of allylic oxidation sites excluding steroid dienone is 2. The number of hydrogen-bond acceptors (Lipinski definition) is 2. The predicted molar refractivity (Wildman–Crippen MR) is 117 cm³/mol. The third-order valence-corrected chi connectivity index (χ3v) is 5.51. The molecule has 1 aliphatic rings. The minimum atomic E-state index is -0.00322. The fourth-order valence-electron chi connectivity index (χ4n) is 3.94. The van der Waals surface area contributed by atoms with Gasteiger partial charge in [-0.3, -0.25) is 0 Å². The minimum Gasteiger partial charge on any atom is -0.363 e. The minimum absolute atomic E-state index is 0.00322. The fraction of sp³-hybridized carbons (Fsp3) is 0.292. The van der Waals surface area contributed by atoms with Crippen LogP contribution in [-0.4, -0.2) is 12.1 Å². The second-order valence-corrected chi connectivity index (χ2v) is 8.06. The number of nitrogens with zero attached hydrogens (tertiary/aromatic N) is 2. The molecule has 3 heteroatoms. The van der Waals surface area contributed by atoms with Crippen LogP contribution in [-0.2, 0) is 0 Å². The van der Waals surface area contributed by atoms with Gasteiger partial charge in [0, 0.05) is 22.8 Å². The molecule has 0 saturated carbocycles. The Kier molecular flexibility index (Phi) is 5.18. The summed E-state index contributed by atoms with van der Waals surface area (Å²) in [5, 5.41) is 10.3. The maximum absolute atomic E-state index is 9.67. The average Bonchev–Trinajstić information content (AvgIpc) is 2.61. The number of fused-ring (bicyclic) bond motifs is 1. The Balaban J connectivity index is 2.13. The van der Waals surface area contributed by atoms with Crippen LogP contribution in [0, 0.1) is 18.3 Å². The Bertz CT molecular complexity index is 973. The monoisotopic (exact) mass is 376 g/mol. The summed E-state index contributed by atoms with van der Waals surface area (Å²) in [5.41, 5.74) is 7.53. The first kappa shape index (κ1) is 19.3. The summed E-state index contributed by atoms with van der Waals surface area (Å²) in [4.78, 5) is 2.43. The molecule has 0 spiro atoms. The van der Waals surface area contributed by atoms with Gasteiger partial charge in [0.1, 0.15) is 0 Å². The van der Waals surface area contributed by atoms with Gasteiger partial charge in [0.25, 0.3) is 0 Å². The van der Waals surface area contributed by atoms with Crippen molar-refractivity contribution >= 4 is 34.5 Å². The Labute approximate surface area is 167 Å². The van der Waals surface area contributed by atoms with Crippen molar-refractivity contribution < 1.29 is 0 Å². The number of halogens is 1. The predicted octanol–water partition coefficient (Wildman–Crippen LogP) is 6.73. The molecular formula is C24H25ClN2. The Morgan fingerprint density at radius 2 is 1.85 bits per heavy atom. The number of likely N-dealkylation sites (N-methyl/N-ethyl adjacent to an activating group) is 1. The Hall–Kier alpha value is -2.50. The molecule has 27 heavy (non-hydrogen) atoms. The van der Waals surface area contributed by atoms with E-state index in [0.717, 1.165) is 17.7 Å². The van der Waals surface area contributed by atoms with E-state index in [0.29, 0.717) is 10.6 Å². The Morgan fingerprint density at radius 1 is 1.19 bits per heavy atom. The van der Waals surface area contributed by atoms with Gasteiger partial charge in [-0.1, -0.05) is 29.8 Å². The van der Waals surface area contributed by atoms with Crippen LogP contribution < -0.4 is 4.90 Å². The van der Waals surface area contributed by atoms with Crippen LogP contribution >= 0.6 is 11.6 Å². The van der Waals surface area contributed by atoms with E-state index in [4.69, 9.17) is 11.6 Å². The zero-order chi connectivity index (χ0) is 19.8. The molecule has 0 fully saturated rings. The molecule has 0 amide bonds. The second kappa shape index (κ2) is 7.25. The maximum Gasteiger partial charge on any atom is 0.0998 e. The van der Waals surface area contributed by atoms with Crippen molar-refractivity contribution in [1.29, 1.82) is 5.26 Å². The van der Waals surface area contributed by atoms with Crippen LogP contribution in [0.1, 0.15) is 49.9 Å². The second-order valence-electron chi connectivity index (χ2n) is 7.63. The lowest BCUT2D eigenvalue weighted by Gasteiger charge is -2.43. The smallest absolute Gasteiger partial charge is 0.0998 e. The summed E-state index contributed by atoms with van der Waals surface area (Å²) in [6.07, 6.45) is 4.30. The van der Waals surface area contributed by atoms with Crippen molar-refractivity contribution in [3.63, 3.8) is 0 Å². The van der Waals surface area contributed by atoms with Crippen LogP contribution in [0.4, 0.5) is 5.69 Å². The Morgan fingerprint density at radius 3 is 2.44 bits per heavy atom. The quantitative estimate of drug-likeness (QED) is 0.438. The number of aryl methyl sites for hydroxylation is 1. The highest BCUT2D eigenvalue weighted by atomic mass is 35.5. The first-order valence-corrected chi connectivity index (χ1v) is 9.64. The summed E-state index contributed by atoms with van der Waals surface area (Å²) in [6.45, 7) is 11.9. The van der Waals surface area contributed by atoms with E-state index >= 15 is 0 Å². The summed E-state index contributed by atoms with van der Waals surface area (Å²) < 4.78 is 0. The van der Waals surface area contributed by atoms with Gasteiger partial charge in [0.15, 0.2) is 0 Å². The van der Waals surface area contributed by atoms with Crippen molar-refractivity contribution in [2.24, 2.45) is 0 Å². The van der Waals surface area contributed by atoms with E-state index in [-0.39, 0.29) is 5.54 Å². The molecule has 3 rings (SSSR count). The highest BCUT2D eigenvalue weighted by Gasteiger charge is 2.30. The molecule has 0 atom stereocenters. The van der Waals surface area contributed by atoms with E-state index in [1.165, 1.54) is 22.4 Å². The van der Waals surface area contributed by atoms with Gasteiger partial charge in [0.2, 0.25) is 0 Å². The molecule has 1 heterocycles.